The molecule has 1 aromatic rings. The van der Waals surface area contributed by atoms with E-state index in [0.29, 0.717) is 0 Å². The number of anilines is 1. The van der Waals surface area contributed by atoms with E-state index in [1.54, 1.807) is 0 Å². The number of carbonyl (C=O) groups excluding carboxylic acids is 2. The molecule has 0 fully saturated rings. The largest absolute Gasteiger partial charge is 0.480 e. The maximum absolute atomic E-state index is 11.7. The van der Waals surface area contributed by atoms with Gasteiger partial charge < -0.3 is 20.9 Å². The van der Waals surface area contributed by atoms with E-state index in [0.717, 1.165) is 11.3 Å². The number of nitrogen functional groups attached to an aromatic ring is 1. The predicted molar refractivity (Wildman–Crippen MR) is 66.7 cm³/mol. The summed E-state index contributed by atoms with van der Waals surface area (Å²) in [5.74, 6) is -2.43. The molecule has 0 aliphatic carbocycles. The van der Waals surface area contributed by atoms with E-state index < -0.39 is 23.9 Å². The van der Waals surface area contributed by atoms with Crippen molar-refractivity contribution in [1.29, 1.82) is 0 Å². The molecule has 0 radical (unpaired) electrons. The molecule has 8 nitrogen and oxygen atoms in total. The highest BCUT2D eigenvalue weighted by Gasteiger charge is 2.22. The molecule has 0 aliphatic rings. The molecule has 1 rings (SSSR count). The van der Waals surface area contributed by atoms with Crippen molar-refractivity contribution < 1.29 is 24.2 Å². The van der Waals surface area contributed by atoms with E-state index in [4.69, 9.17) is 10.8 Å². The van der Waals surface area contributed by atoms with Gasteiger partial charge in [0.1, 0.15) is 11.7 Å². The van der Waals surface area contributed by atoms with Gasteiger partial charge >= 0.3 is 11.9 Å². The Balaban J connectivity index is 2.61. The number of hydrogen-bond acceptors (Lipinski definition) is 7. The fraction of sp³-hybridized carbons (Fsp3) is 0.400. The lowest BCUT2D eigenvalue weighted by molar-refractivity contribution is -0.142. The summed E-state index contributed by atoms with van der Waals surface area (Å²) in [6.07, 6.45) is -0.166. The first-order valence-electron chi connectivity index (χ1n) is 5.25. The second kappa shape index (κ2) is 6.69. The lowest BCUT2D eigenvalue weighted by Gasteiger charge is -2.12. The van der Waals surface area contributed by atoms with Gasteiger partial charge in [-0.25, -0.2) is 9.78 Å². The molecule has 1 aromatic heterocycles. The number of nitrogens with one attached hydrogen (secondary N) is 1. The zero-order valence-corrected chi connectivity index (χ0v) is 10.9. The first-order valence-corrected chi connectivity index (χ1v) is 6.13. The first-order chi connectivity index (χ1) is 8.93. The molecule has 4 N–H and O–H groups in total. The van der Waals surface area contributed by atoms with Crippen LogP contribution in [0.5, 0.6) is 0 Å². The Labute approximate surface area is 112 Å². The second-order valence-corrected chi connectivity index (χ2v) is 4.44. The maximum Gasteiger partial charge on any atom is 0.326 e. The van der Waals surface area contributed by atoms with Crippen molar-refractivity contribution in [3.8, 4) is 0 Å². The standard InChI is InChI=1S/C10H13N3O5S/c1-18-7(14)3-2-5(9(16)17)12-8(15)6-4-19-10(11)13-6/h4-5H,2-3H2,1H3,(H2,11,13)(H,12,15)(H,16,17)/t5-/m0/s1. The van der Waals surface area contributed by atoms with Crippen LogP contribution in [0.25, 0.3) is 0 Å². The molecule has 0 spiro atoms. The summed E-state index contributed by atoms with van der Waals surface area (Å²) in [6.45, 7) is 0. The van der Waals surface area contributed by atoms with Crippen molar-refractivity contribution >= 4 is 34.3 Å². The third kappa shape index (κ3) is 4.54. The lowest BCUT2D eigenvalue weighted by Crippen LogP contribution is -2.41. The number of aromatic nitrogens is 1. The number of hydrogen-bond donors (Lipinski definition) is 3. The summed E-state index contributed by atoms with van der Waals surface area (Å²) in [7, 11) is 1.20. The van der Waals surface area contributed by atoms with Gasteiger partial charge in [-0.15, -0.1) is 11.3 Å². The number of amides is 1. The number of esters is 1. The van der Waals surface area contributed by atoms with Crippen LogP contribution in [0, 0.1) is 0 Å². The molecule has 104 valence electrons. The van der Waals surface area contributed by atoms with E-state index in [-0.39, 0.29) is 23.7 Å². The van der Waals surface area contributed by atoms with E-state index in [2.05, 4.69) is 15.0 Å². The van der Waals surface area contributed by atoms with Gasteiger partial charge in [0.25, 0.3) is 5.91 Å². The Bertz CT molecular complexity index is 487. The number of nitrogens with two attached hydrogens (primary N) is 1. The number of carboxylic acid groups (broad SMARTS) is 1. The summed E-state index contributed by atoms with van der Waals surface area (Å²) < 4.78 is 4.40. The van der Waals surface area contributed by atoms with Crippen molar-refractivity contribution in [2.24, 2.45) is 0 Å². The maximum atomic E-state index is 11.7. The van der Waals surface area contributed by atoms with Crippen LogP contribution in [0.15, 0.2) is 5.38 Å². The average molecular weight is 287 g/mol. The summed E-state index contributed by atoms with van der Waals surface area (Å²) in [5, 5.41) is 12.9. The molecule has 9 heteroatoms. The van der Waals surface area contributed by atoms with Crippen LogP contribution >= 0.6 is 11.3 Å². The van der Waals surface area contributed by atoms with Crippen molar-refractivity contribution in [3.05, 3.63) is 11.1 Å². The predicted octanol–water partition coefficient (Wildman–Crippen LogP) is -0.139. The number of ether oxygens (including phenoxy) is 1. The van der Waals surface area contributed by atoms with Crippen LogP contribution in [0.1, 0.15) is 23.3 Å². The summed E-state index contributed by atoms with van der Waals surface area (Å²) in [5.41, 5.74) is 5.42. The van der Waals surface area contributed by atoms with Crippen LogP contribution in [-0.2, 0) is 14.3 Å². The molecule has 19 heavy (non-hydrogen) atoms. The second-order valence-electron chi connectivity index (χ2n) is 3.55. The highest BCUT2D eigenvalue weighted by Crippen LogP contribution is 2.11. The summed E-state index contributed by atoms with van der Waals surface area (Å²) >= 11 is 1.07. The first kappa shape index (κ1) is 14.9. The van der Waals surface area contributed by atoms with Gasteiger partial charge in [0.05, 0.1) is 7.11 Å². The number of rotatable bonds is 6. The van der Waals surface area contributed by atoms with Gasteiger partial charge in [-0.2, -0.15) is 0 Å². The minimum absolute atomic E-state index is 0.0480. The molecule has 0 unspecified atom stereocenters. The molecule has 1 atom stereocenters. The van der Waals surface area contributed by atoms with Gasteiger partial charge in [-0.3, -0.25) is 9.59 Å². The number of nitrogens with zero attached hydrogens (tertiary/aromatic N) is 1. The minimum atomic E-state index is -1.24. The fourth-order valence-corrected chi connectivity index (χ4v) is 1.79. The van der Waals surface area contributed by atoms with Crippen molar-refractivity contribution in [2.75, 3.05) is 12.8 Å². The molecule has 0 saturated carbocycles. The fourth-order valence-electron chi connectivity index (χ4n) is 1.25. The Morgan fingerprint density at radius 2 is 2.26 bits per heavy atom. The number of carbonyl (C=O) groups is 3. The zero-order valence-electron chi connectivity index (χ0n) is 10.1. The number of aliphatic carboxylic acids is 1. The molecule has 1 amide bonds. The minimum Gasteiger partial charge on any atom is -0.480 e. The topological polar surface area (TPSA) is 132 Å². The van der Waals surface area contributed by atoms with Crippen LogP contribution in [0.2, 0.25) is 0 Å². The summed E-state index contributed by atoms with van der Waals surface area (Å²) in [6, 6.07) is -1.19. The van der Waals surface area contributed by atoms with Gasteiger partial charge in [0, 0.05) is 11.8 Å². The SMILES string of the molecule is COC(=O)CC[C@H](NC(=O)c1csc(N)n1)C(=O)O. The average Bonchev–Trinajstić information content (AvgIpc) is 2.80. The molecule has 1 heterocycles. The third-order valence-corrected chi connectivity index (χ3v) is 2.90. The van der Waals surface area contributed by atoms with E-state index >= 15 is 0 Å². The van der Waals surface area contributed by atoms with Gasteiger partial charge in [0.15, 0.2) is 5.13 Å². The Kier molecular flexibility index (Phi) is 5.24. The Hall–Kier alpha value is -2.16. The van der Waals surface area contributed by atoms with Crippen molar-refractivity contribution in [1.82, 2.24) is 10.3 Å². The van der Waals surface area contributed by atoms with Gasteiger partial charge in [-0.05, 0) is 6.42 Å². The highest BCUT2D eigenvalue weighted by atomic mass is 32.1. The van der Waals surface area contributed by atoms with E-state index in [9.17, 15) is 14.4 Å². The quantitative estimate of drug-likeness (QED) is 0.620. The van der Waals surface area contributed by atoms with Crippen LogP contribution < -0.4 is 11.1 Å². The summed E-state index contributed by atoms with van der Waals surface area (Å²) in [4.78, 5) is 37.3. The van der Waals surface area contributed by atoms with E-state index in [1.165, 1.54) is 12.5 Å². The van der Waals surface area contributed by atoms with Gasteiger partial charge in [0.2, 0.25) is 0 Å². The van der Waals surface area contributed by atoms with Crippen LogP contribution in [0.4, 0.5) is 5.13 Å². The zero-order chi connectivity index (χ0) is 14.4. The number of thiazole rings is 1. The third-order valence-electron chi connectivity index (χ3n) is 2.22. The molecule has 0 saturated heterocycles. The highest BCUT2D eigenvalue weighted by molar-refractivity contribution is 7.13. The van der Waals surface area contributed by atoms with Crippen molar-refractivity contribution in [3.63, 3.8) is 0 Å². The molecule has 0 bridgehead atoms. The molecular formula is C10H13N3O5S. The normalized spacial score (nSPS) is 11.6. The molecule has 0 aliphatic heterocycles. The number of methoxy groups -OCH3 is 1. The lowest BCUT2D eigenvalue weighted by atomic mass is 10.1. The van der Waals surface area contributed by atoms with Crippen LogP contribution in [-0.4, -0.2) is 41.1 Å². The molecule has 0 aromatic carbocycles. The Morgan fingerprint density at radius 3 is 2.74 bits per heavy atom. The Morgan fingerprint density at radius 1 is 1.58 bits per heavy atom. The van der Waals surface area contributed by atoms with Crippen molar-refractivity contribution in [2.45, 2.75) is 18.9 Å². The number of carboxylic acids is 1. The smallest absolute Gasteiger partial charge is 0.326 e. The molecular weight excluding hydrogens is 274 g/mol. The van der Waals surface area contributed by atoms with Crippen LogP contribution in [0.3, 0.4) is 0 Å². The van der Waals surface area contributed by atoms with E-state index in [1.807, 2.05) is 0 Å². The van der Waals surface area contributed by atoms with Gasteiger partial charge in [-0.1, -0.05) is 0 Å². The monoisotopic (exact) mass is 287 g/mol.